The Morgan fingerprint density at radius 1 is 0.844 bits per heavy atom. The number of carbonyl (C=O) groups is 4. The second kappa shape index (κ2) is 20.5. The van der Waals surface area contributed by atoms with Gasteiger partial charge < -0.3 is 39.0 Å². The van der Waals surface area contributed by atoms with E-state index in [1.54, 1.807) is 32.9 Å². The summed E-state index contributed by atoms with van der Waals surface area (Å²) in [6, 6.07) is 33.8. The van der Waals surface area contributed by atoms with E-state index in [2.05, 4.69) is 56.4 Å². The number of epoxide rings is 1. The first-order valence-electron chi connectivity index (χ1n) is 27.8. The van der Waals surface area contributed by atoms with Gasteiger partial charge in [0, 0.05) is 37.4 Å². The summed E-state index contributed by atoms with van der Waals surface area (Å²) in [4.78, 5) is 67.3. The van der Waals surface area contributed by atoms with Gasteiger partial charge in [0.05, 0.1) is 30.9 Å². The molecule has 0 radical (unpaired) electrons. The summed E-state index contributed by atoms with van der Waals surface area (Å²) in [5.41, 5.74) is 3.64. The molecule has 4 heterocycles. The summed E-state index contributed by atoms with van der Waals surface area (Å²) in [5, 5.41) is 15.1. The van der Waals surface area contributed by atoms with Gasteiger partial charge in [0.15, 0.2) is 6.04 Å². The molecule has 14 heteroatoms. The average molecular weight is 1050 g/mol. The lowest BCUT2D eigenvalue weighted by Gasteiger charge is -2.53. The van der Waals surface area contributed by atoms with Crippen molar-refractivity contribution in [2.75, 3.05) is 13.7 Å². The molecule has 0 spiro atoms. The average Bonchev–Trinajstić information content (AvgIpc) is 3.77. The number of hydrogen-bond acceptors (Lipinski definition) is 12. The summed E-state index contributed by atoms with van der Waals surface area (Å²) in [6.07, 6.45) is 4.60. The van der Waals surface area contributed by atoms with Gasteiger partial charge in [-0.15, -0.1) is 0 Å². The molecule has 12 atom stereocenters. The van der Waals surface area contributed by atoms with E-state index in [9.17, 15) is 14.7 Å². The van der Waals surface area contributed by atoms with Crippen LogP contribution in [0.1, 0.15) is 121 Å². The summed E-state index contributed by atoms with van der Waals surface area (Å²) < 4.78 is 32.6. The summed E-state index contributed by atoms with van der Waals surface area (Å²) in [7, 11) is 1.59. The zero-order valence-electron chi connectivity index (χ0n) is 45.5. The zero-order valence-corrected chi connectivity index (χ0v) is 45.5. The zero-order chi connectivity index (χ0) is 54.1. The fourth-order valence-corrected chi connectivity index (χ4v) is 13.9. The molecular formula is C63H75N3O11. The molecule has 2 amide bonds. The lowest BCUT2D eigenvalue weighted by Crippen LogP contribution is -2.70. The highest BCUT2D eigenvalue weighted by molar-refractivity contribution is 5.96. The molecule has 7 fully saturated rings. The standard InChI is InChI=1S/C63H75N3O11/c1-59(2,3)74-51(68)30-28-45(38-67)64-56(69)48(34-39-17-11-8-12-18-39)65(7)58(71)62-36-49-52-53(76-63(75-52,43-19-13-9-14-20-43)44-21-15-10-16-22-44)55(62)77-66(54(62)57(70)72-49)37-41-25-23-40(24-26-41)33-42-27-29-50-61(6,73-50)32-31-47-46(42)35-60(47,4)5/h8-26,33,45-50,52-55,67H,27-32,34-38H2,1-7H3,(H,64,69)/t45-,46+,47+,48+,49+,50?,52-,53-,54-,55+,61+,62-/m0/s1. The van der Waals surface area contributed by atoms with E-state index in [1.165, 1.54) is 23.3 Å². The largest absolute Gasteiger partial charge is 0.460 e. The van der Waals surface area contributed by atoms with Crippen molar-refractivity contribution in [1.82, 2.24) is 15.3 Å². The number of hydroxylamine groups is 2. The minimum absolute atomic E-state index is 0.00542. The van der Waals surface area contributed by atoms with Gasteiger partial charge in [0.1, 0.15) is 41.5 Å². The van der Waals surface area contributed by atoms with E-state index in [-0.39, 0.29) is 37.8 Å². The van der Waals surface area contributed by atoms with Crippen LogP contribution in [-0.4, -0.2) is 112 Å². The molecule has 11 rings (SSSR count). The Kier molecular flexibility index (Phi) is 14.2. The van der Waals surface area contributed by atoms with Crippen molar-refractivity contribution in [2.45, 2.75) is 172 Å². The Balaban J connectivity index is 0.928. The number of carbonyl (C=O) groups excluding carboxylic acids is 4. The molecule has 408 valence electrons. The molecule has 7 aliphatic rings. The van der Waals surface area contributed by atoms with Gasteiger partial charge in [-0.1, -0.05) is 141 Å². The summed E-state index contributed by atoms with van der Waals surface area (Å²) in [5.74, 6) is -2.42. The van der Waals surface area contributed by atoms with Gasteiger partial charge in [0.2, 0.25) is 17.6 Å². The van der Waals surface area contributed by atoms with Crippen molar-refractivity contribution in [3.63, 3.8) is 0 Å². The number of esters is 2. The van der Waals surface area contributed by atoms with Crippen molar-refractivity contribution < 1.29 is 52.8 Å². The van der Waals surface area contributed by atoms with Crippen molar-refractivity contribution >= 4 is 29.8 Å². The summed E-state index contributed by atoms with van der Waals surface area (Å²) in [6.45, 7) is 12.1. The first-order valence-corrected chi connectivity index (χ1v) is 27.8. The number of nitrogens with one attached hydrogen (secondary N) is 1. The third kappa shape index (κ3) is 10.1. The normalized spacial score (nSPS) is 31.8. The van der Waals surface area contributed by atoms with Crippen LogP contribution in [0.25, 0.3) is 6.08 Å². The van der Waals surface area contributed by atoms with Crippen LogP contribution in [0.2, 0.25) is 0 Å². The van der Waals surface area contributed by atoms with Gasteiger partial charge in [-0.25, -0.2) is 0 Å². The van der Waals surface area contributed by atoms with E-state index in [1.807, 2.05) is 91.0 Å². The second-order valence-corrected chi connectivity index (χ2v) is 24.7. The van der Waals surface area contributed by atoms with Crippen molar-refractivity contribution in [1.29, 1.82) is 0 Å². The molecule has 3 aliphatic carbocycles. The predicted octanol–water partition coefficient (Wildman–Crippen LogP) is 8.62. The molecule has 2 N–H and O–H groups in total. The molecular weight excluding hydrogens is 975 g/mol. The molecule has 1 unspecified atom stereocenters. The quantitative estimate of drug-likeness (QED) is 0.0862. The number of aliphatic hydroxyl groups is 1. The van der Waals surface area contributed by atoms with Gasteiger partial charge in [0.25, 0.3) is 0 Å². The SMILES string of the molecule is CN(C(=O)[C@@]12C[C@H]3OC(=O)[C@@H]1N(Cc1ccc(C=C4CCC5O[C@]5(C)CC[C@@H]5[C@@H]4CC5(C)C)cc1)O[C@@H]2[C@H]1OC(c2ccccc2)(c2ccccc2)O[C@H]13)[C@H](Cc1ccccc1)C(=O)N[C@H](CO)CCC(=O)OC(C)(C)C. The van der Waals surface area contributed by atoms with E-state index >= 15 is 9.59 Å². The molecule has 4 saturated heterocycles. The van der Waals surface area contributed by atoms with Gasteiger partial charge in [-0.05, 0) is 100 Å². The van der Waals surface area contributed by atoms with Crippen LogP contribution in [-0.2, 0) is 66.5 Å². The Hall–Kier alpha value is -5.74. The minimum atomic E-state index is -1.62. The molecule has 2 bridgehead atoms. The Morgan fingerprint density at radius 3 is 2.13 bits per heavy atom. The maximum absolute atomic E-state index is 16.2. The van der Waals surface area contributed by atoms with E-state index in [4.69, 9.17) is 28.5 Å². The van der Waals surface area contributed by atoms with E-state index in [0.29, 0.717) is 23.4 Å². The molecule has 77 heavy (non-hydrogen) atoms. The highest BCUT2D eigenvalue weighted by atomic mass is 16.8. The van der Waals surface area contributed by atoms with Crippen molar-refractivity contribution in [3.05, 3.63) is 149 Å². The Labute approximate surface area is 452 Å². The molecule has 4 aromatic carbocycles. The number of allylic oxidation sites excluding steroid dienone is 1. The number of aliphatic hydroxyl groups excluding tert-OH is 1. The smallest absolute Gasteiger partial charge is 0.327 e. The number of nitrogens with zero attached hydrogens (tertiary/aromatic N) is 2. The number of likely N-dealkylation sites (N-methyl/N-ethyl adjacent to an activating group) is 1. The fourth-order valence-electron chi connectivity index (χ4n) is 13.9. The van der Waals surface area contributed by atoms with Crippen LogP contribution in [0.15, 0.2) is 121 Å². The number of hydrogen-bond donors (Lipinski definition) is 2. The molecule has 4 aromatic rings. The molecule has 3 saturated carbocycles. The molecule has 14 nitrogen and oxygen atoms in total. The lowest BCUT2D eigenvalue weighted by atomic mass is 9.52. The maximum Gasteiger partial charge on any atom is 0.327 e. The highest BCUT2D eigenvalue weighted by Crippen LogP contribution is 2.61. The first-order chi connectivity index (χ1) is 36.8. The van der Waals surface area contributed by atoms with Gasteiger partial charge in [-0.3, -0.25) is 24.0 Å². The Morgan fingerprint density at radius 2 is 1.49 bits per heavy atom. The third-order valence-corrected chi connectivity index (χ3v) is 18.0. The maximum atomic E-state index is 16.2. The summed E-state index contributed by atoms with van der Waals surface area (Å²) >= 11 is 0. The van der Waals surface area contributed by atoms with Crippen LogP contribution in [0.4, 0.5) is 0 Å². The number of fused-ring (bicyclic) bond motifs is 6. The predicted molar refractivity (Wildman–Crippen MR) is 287 cm³/mol. The fraction of sp³-hybridized carbons (Fsp3) is 0.524. The number of rotatable bonds is 15. The third-order valence-electron chi connectivity index (χ3n) is 18.0. The van der Waals surface area contributed by atoms with E-state index in [0.717, 1.165) is 47.1 Å². The van der Waals surface area contributed by atoms with Crippen LogP contribution in [0, 0.1) is 22.7 Å². The first kappa shape index (κ1) is 53.3. The Bertz CT molecular complexity index is 2820. The van der Waals surface area contributed by atoms with E-state index < -0.39 is 89.7 Å². The minimum Gasteiger partial charge on any atom is -0.460 e. The number of amides is 2. The van der Waals surface area contributed by atoms with Crippen LogP contribution in [0.3, 0.4) is 0 Å². The van der Waals surface area contributed by atoms with Crippen molar-refractivity contribution in [3.8, 4) is 0 Å². The van der Waals surface area contributed by atoms with Gasteiger partial charge in [-0.2, -0.15) is 5.06 Å². The molecule has 0 aromatic heterocycles. The topological polar surface area (TPSA) is 166 Å². The molecule has 4 aliphatic heterocycles. The number of benzene rings is 4. The lowest BCUT2D eigenvalue weighted by molar-refractivity contribution is -0.214. The monoisotopic (exact) mass is 1050 g/mol. The second-order valence-electron chi connectivity index (χ2n) is 24.7. The van der Waals surface area contributed by atoms with Crippen LogP contribution >= 0.6 is 0 Å². The highest BCUT2D eigenvalue weighted by Gasteiger charge is 2.77. The van der Waals surface area contributed by atoms with Crippen LogP contribution < -0.4 is 5.32 Å². The van der Waals surface area contributed by atoms with Crippen LogP contribution in [0.5, 0.6) is 0 Å². The van der Waals surface area contributed by atoms with Gasteiger partial charge >= 0.3 is 11.9 Å². The number of ether oxygens (including phenoxy) is 5. The van der Waals surface area contributed by atoms with Crippen molar-refractivity contribution in [2.24, 2.45) is 22.7 Å².